The minimum atomic E-state index is -0.254. The van der Waals surface area contributed by atoms with Crippen LogP contribution in [0.25, 0.3) is 17.1 Å². The van der Waals surface area contributed by atoms with Crippen molar-refractivity contribution in [3.63, 3.8) is 0 Å². The van der Waals surface area contributed by atoms with Crippen molar-refractivity contribution >= 4 is 22.4 Å². The lowest BCUT2D eigenvalue weighted by Crippen LogP contribution is -2.13. The molecule has 4 rings (SSSR count). The number of thiazole rings is 1. The summed E-state index contributed by atoms with van der Waals surface area (Å²) in [6.45, 7) is 1.83. The van der Waals surface area contributed by atoms with E-state index in [0.717, 1.165) is 17.0 Å². The van der Waals surface area contributed by atoms with Crippen molar-refractivity contribution in [1.29, 1.82) is 0 Å². The van der Waals surface area contributed by atoms with E-state index in [0.29, 0.717) is 22.2 Å². The Morgan fingerprint density at radius 1 is 1.18 bits per heavy atom. The minimum Gasteiger partial charge on any atom is -0.497 e. The first-order valence-electron chi connectivity index (χ1n) is 8.53. The van der Waals surface area contributed by atoms with Crippen molar-refractivity contribution in [3.8, 4) is 22.8 Å². The van der Waals surface area contributed by atoms with Gasteiger partial charge in [-0.15, -0.1) is 11.3 Å². The molecule has 1 amide bonds. The number of anilines is 1. The zero-order valence-electron chi connectivity index (χ0n) is 15.3. The number of nitrogens with zero attached hydrogens (tertiary/aromatic N) is 4. The van der Waals surface area contributed by atoms with E-state index in [1.165, 1.54) is 17.5 Å². The number of aromatic nitrogens is 4. The normalized spacial score (nSPS) is 10.6. The second-order valence-corrected chi connectivity index (χ2v) is 6.82. The van der Waals surface area contributed by atoms with E-state index in [1.807, 2.05) is 54.8 Å². The molecule has 0 fully saturated rings. The van der Waals surface area contributed by atoms with Crippen LogP contribution in [0.5, 0.6) is 5.75 Å². The third-order valence-electron chi connectivity index (χ3n) is 4.23. The van der Waals surface area contributed by atoms with Gasteiger partial charge in [0.25, 0.3) is 5.91 Å². The lowest BCUT2D eigenvalue weighted by Gasteiger charge is -2.04. The molecule has 140 valence electrons. The van der Waals surface area contributed by atoms with Crippen molar-refractivity contribution in [2.24, 2.45) is 0 Å². The first-order chi connectivity index (χ1) is 13.7. The lowest BCUT2D eigenvalue weighted by atomic mass is 10.2. The topological polar surface area (TPSA) is 81.9 Å². The molecule has 0 radical (unpaired) electrons. The number of hydrogen-bond donors (Lipinski definition) is 1. The standard InChI is InChI=1S/C20H17N5O2S/c1-13-16(11-22-25(13)18-5-3-4-10-21-18)19(26)24-20-23-17(12-28-20)14-6-8-15(27-2)9-7-14/h3-12H,1-2H3,(H,23,24,26). The molecule has 0 spiro atoms. The number of carbonyl (C=O) groups excluding carboxylic acids is 1. The fourth-order valence-corrected chi connectivity index (χ4v) is 3.45. The maximum absolute atomic E-state index is 12.7. The summed E-state index contributed by atoms with van der Waals surface area (Å²) >= 11 is 1.37. The molecule has 0 aliphatic carbocycles. The Kier molecular flexibility index (Phi) is 4.86. The van der Waals surface area contributed by atoms with Crippen LogP contribution in [0.3, 0.4) is 0 Å². The molecule has 0 aliphatic heterocycles. The average molecular weight is 391 g/mol. The van der Waals surface area contributed by atoms with Crippen molar-refractivity contribution in [2.75, 3.05) is 12.4 Å². The van der Waals surface area contributed by atoms with Gasteiger partial charge in [0.15, 0.2) is 10.9 Å². The Morgan fingerprint density at radius 2 is 2.00 bits per heavy atom. The molecule has 0 aliphatic rings. The van der Waals surface area contributed by atoms with Crippen molar-refractivity contribution in [1.82, 2.24) is 19.7 Å². The van der Waals surface area contributed by atoms with E-state index in [-0.39, 0.29) is 5.91 Å². The number of carbonyl (C=O) groups is 1. The molecule has 0 saturated carbocycles. The van der Waals surface area contributed by atoms with Gasteiger partial charge in [0, 0.05) is 17.1 Å². The number of amides is 1. The number of benzene rings is 1. The summed E-state index contributed by atoms with van der Waals surface area (Å²) in [4.78, 5) is 21.4. The van der Waals surface area contributed by atoms with E-state index in [2.05, 4.69) is 20.4 Å². The van der Waals surface area contributed by atoms with Gasteiger partial charge in [0.1, 0.15) is 5.75 Å². The highest BCUT2D eigenvalue weighted by atomic mass is 32.1. The van der Waals surface area contributed by atoms with Gasteiger partial charge in [0.05, 0.1) is 30.3 Å². The van der Waals surface area contributed by atoms with Crippen LogP contribution in [0, 0.1) is 6.92 Å². The molecule has 1 N–H and O–H groups in total. The van der Waals surface area contributed by atoms with Crippen LogP contribution in [0.2, 0.25) is 0 Å². The smallest absolute Gasteiger partial charge is 0.260 e. The molecule has 0 unspecified atom stereocenters. The lowest BCUT2D eigenvalue weighted by molar-refractivity contribution is 0.102. The monoisotopic (exact) mass is 391 g/mol. The largest absolute Gasteiger partial charge is 0.497 e. The summed E-state index contributed by atoms with van der Waals surface area (Å²) in [5.74, 6) is 1.19. The summed E-state index contributed by atoms with van der Waals surface area (Å²) in [6, 6.07) is 13.2. The molecule has 0 atom stereocenters. The second-order valence-electron chi connectivity index (χ2n) is 5.96. The van der Waals surface area contributed by atoms with Crippen molar-refractivity contribution in [3.05, 3.63) is 71.5 Å². The third kappa shape index (κ3) is 3.49. The SMILES string of the molecule is COc1ccc(-c2csc(NC(=O)c3cnn(-c4ccccn4)c3C)n2)cc1. The quantitative estimate of drug-likeness (QED) is 0.557. The van der Waals surface area contributed by atoms with Gasteiger partial charge in [0.2, 0.25) is 0 Å². The summed E-state index contributed by atoms with van der Waals surface area (Å²) in [5.41, 5.74) is 2.94. The Morgan fingerprint density at radius 3 is 2.71 bits per heavy atom. The third-order valence-corrected chi connectivity index (χ3v) is 4.99. The molecule has 8 heteroatoms. The van der Waals surface area contributed by atoms with E-state index < -0.39 is 0 Å². The van der Waals surface area contributed by atoms with E-state index in [9.17, 15) is 4.79 Å². The minimum absolute atomic E-state index is 0.254. The fourth-order valence-electron chi connectivity index (χ4n) is 2.73. The molecular weight excluding hydrogens is 374 g/mol. The van der Waals surface area contributed by atoms with Crippen LogP contribution in [-0.4, -0.2) is 32.8 Å². The molecule has 1 aromatic carbocycles. The predicted molar refractivity (Wildman–Crippen MR) is 108 cm³/mol. The van der Waals surface area contributed by atoms with Crippen LogP contribution in [0.4, 0.5) is 5.13 Å². The molecule has 4 aromatic rings. The molecular formula is C20H17N5O2S. The van der Waals surface area contributed by atoms with Crippen LogP contribution in [0.15, 0.2) is 60.2 Å². The molecule has 0 bridgehead atoms. The maximum atomic E-state index is 12.7. The zero-order chi connectivity index (χ0) is 19.5. The fraction of sp³-hybridized carbons (Fsp3) is 0.100. The van der Waals surface area contributed by atoms with E-state index in [4.69, 9.17) is 4.74 Å². The highest BCUT2D eigenvalue weighted by molar-refractivity contribution is 7.14. The number of rotatable bonds is 5. The molecule has 28 heavy (non-hydrogen) atoms. The van der Waals surface area contributed by atoms with E-state index in [1.54, 1.807) is 18.0 Å². The summed E-state index contributed by atoms with van der Waals surface area (Å²) in [6.07, 6.45) is 3.23. The van der Waals surface area contributed by atoms with Gasteiger partial charge >= 0.3 is 0 Å². The Labute approximate surface area is 165 Å². The van der Waals surface area contributed by atoms with Gasteiger partial charge in [-0.25, -0.2) is 14.6 Å². The summed E-state index contributed by atoms with van der Waals surface area (Å²) < 4.78 is 6.81. The maximum Gasteiger partial charge on any atom is 0.260 e. The number of pyridine rings is 1. The van der Waals surface area contributed by atoms with Gasteiger partial charge < -0.3 is 4.74 Å². The number of ether oxygens (including phenoxy) is 1. The van der Waals surface area contributed by atoms with Gasteiger partial charge in [-0.2, -0.15) is 5.10 Å². The first-order valence-corrected chi connectivity index (χ1v) is 9.41. The molecule has 0 saturated heterocycles. The number of methoxy groups -OCH3 is 1. The van der Waals surface area contributed by atoms with Gasteiger partial charge in [-0.3, -0.25) is 10.1 Å². The van der Waals surface area contributed by atoms with Crippen molar-refractivity contribution in [2.45, 2.75) is 6.92 Å². The molecule has 3 heterocycles. The second kappa shape index (κ2) is 7.61. The Balaban J connectivity index is 1.52. The van der Waals surface area contributed by atoms with Crippen LogP contribution >= 0.6 is 11.3 Å². The molecule has 3 aromatic heterocycles. The van der Waals surface area contributed by atoms with Crippen LogP contribution in [-0.2, 0) is 0 Å². The van der Waals surface area contributed by atoms with Gasteiger partial charge in [-0.1, -0.05) is 6.07 Å². The highest BCUT2D eigenvalue weighted by Crippen LogP contribution is 2.27. The van der Waals surface area contributed by atoms with Gasteiger partial charge in [-0.05, 0) is 43.3 Å². The molecule has 7 nitrogen and oxygen atoms in total. The summed E-state index contributed by atoms with van der Waals surface area (Å²) in [7, 11) is 1.63. The zero-order valence-corrected chi connectivity index (χ0v) is 16.1. The Hall–Kier alpha value is -3.52. The average Bonchev–Trinajstić information content (AvgIpc) is 3.35. The predicted octanol–water partition coefficient (Wildman–Crippen LogP) is 3.96. The summed E-state index contributed by atoms with van der Waals surface area (Å²) in [5, 5.41) is 9.56. The highest BCUT2D eigenvalue weighted by Gasteiger charge is 2.17. The Bertz CT molecular complexity index is 1100. The van der Waals surface area contributed by atoms with Crippen molar-refractivity contribution < 1.29 is 9.53 Å². The number of nitrogens with one attached hydrogen (secondary N) is 1. The number of hydrogen-bond acceptors (Lipinski definition) is 6. The van der Waals surface area contributed by atoms with E-state index >= 15 is 0 Å². The van der Waals surface area contributed by atoms with Crippen LogP contribution < -0.4 is 10.1 Å². The van der Waals surface area contributed by atoms with Crippen LogP contribution in [0.1, 0.15) is 16.1 Å². The first kappa shape index (κ1) is 17.9.